The number of hydrogen-bond acceptors (Lipinski definition) is 4. The van der Waals surface area contributed by atoms with Gasteiger partial charge in [-0.05, 0) is 73.5 Å². The largest absolute Gasteiger partial charge is 0.395 e. The number of hydrogen-bond donors (Lipinski definition) is 3. The summed E-state index contributed by atoms with van der Waals surface area (Å²) in [5, 5.41) is 30.7. The Hall–Kier alpha value is -0.450. The standard InChI is InChI=1S/C20H32O4/c1-17-7-6-16(23)18(2,11-21)14(17)5-8-19-9-13(3-4-15(17)19)20(24,10-19)12-22/h13-15,21-22,24H,3-12H2,1-2H3/t13-,14+,15+,17-,18-,19+,20+/m1/s1. The third-order valence-electron chi connectivity index (χ3n) is 9.04. The van der Waals surface area contributed by atoms with Crippen molar-refractivity contribution in [3.63, 3.8) is 0 Å². The molecule has 136 valence electrons. The number of aliphatic hydroxyl groups is 3. The molecule has 7 atom stereocenters. The van der Waals surface area contributed by atoms with Crippen LogP contribution in [0.15, 0.2) is 0 Å². The summed E-state index contributed by atoms with van der Waals surface area (Å²) in [7, 11) is 0. The molecule has 1 spiro atoms. The van der Waals surface area contributed by atoms with Crippen LogP contribution in [-0.4, -0.2) is 39.9 Å². The van der Waals surface area contributed by atoms with Crippen molar-refractivity contribution in [3.05, 3.63) is 0 Å². The van der Waals surface area contributed by atoms with Gasteiger partial charge in [-0.2, -0.15) is 0 Å². The Morgan fingerprint density at radius 3 is 2.46 bits per heavy atom. The fourth-order valence-corrected chi connectivity index (χ4v) is 7.86. The van der Waals surface area contributed by atoms with Gasteiger partial charge < -0.3 is 15.3 Å². The maximum Gasteiger partial charge on any atom is 0.141 e. The third-order valence-corrected chi connectivity index (χ3v) is 9.04. The summed E-state index contributed by atoms with van der Waals surface area (Å²) < 4.78 is 0. The summed E-state index contributed by atoms with van der Waals surface area (Å²) in [5.41, 5.74) is -1.31. The van der Waals surface area contributed by atoms with Gasteiger partial charge in [-0.1, -0.05) is 13.8 Å². The molecule has 4 rings (SSSR count). The minimum absolute atomic E-state index is 0.0466. The van der Waals surface area contributed by atoms with Crippen LogP contribution in [-0.2, 0) is 4.79 Å². The molecule has 4 saturated carbocycles. The van der Waals surface area contributed by atoms with E-state index in [-0.39, 0.29) is 41.7 Å². The van der Waals surface area contributed by atoms with E-state index >= 15 is 0 Å². The van der Waals surface area contributed by atoms with Gasteiger partial charge in [-0.25, -0.2) is 0 Å². The monoisotopic (exact) mass is 336 g/mol. The quantitative estimate of drug-likeness (QED) is 0.723. The first kappa shape index (κ1) is 17.0. The molecule has 0 amide bonds. The highest BCUT2D eigenvalue weighted by atomic mass is 16.3. The highest BCUT2D eigenvalue weighted by Gasteiger charge is 2.68. The Labute approximate surface area is 144 Å². The van der Waals surface area contributed by atoms with Crippen molar-refractivity contribution in [1.29, 1.82) is 0 Å². The first-order valence-corrected chi connectivity index (χ1v) is 9.71. The van der Waals surface area contributed by atoms with Gasteiger partial charge >= 0.3 is 0 Å². The Morgan fingerprint density at radius 2 is 1.79 bits per heavy atom. The topological polar surface area (TPSA) is 77.8 Å². The van der Waals surface area contributed by atoms with Crippen LogP contribution in [0.3, 0.4) is 0 Å². The van der Waals surface area contributed by atoms with Crippen molar-refractivity contribution < 1.29 is 20.1 Å². The van der Waals surface area contributed by atoms with E-state index in [1.54, 1.807) is 0 Å². The van der Waals surface area contributed by atoms with Crippen molar-refractivity contribution in [2.45, 2.75) is 70.8 Å². The van der Waals surface area contributed by atoms with Crippen molar-refractivity contribution >= 4 is 5.78 Å². The van der Waals surface area contributed by atoms with Gasteiger partial charge in [-0.3, -0.25) is 4.79 Å². The first-order chi connectivity index (χ1) is 11.2. The van der Waals surface area contributed by atoms with Gasteiger partial charge in [-0.15, -0.1) is 0 Å². The highest BCUT2D eigenvalue weighted by molar-refractivity contribution is 5.86. The number of aliphatic hydroxyl groups excluding tert-OH is 2. The number of Topliss-reactive ketones (excluding diaryl/α,β-unsaturated/α-hetero) is 1. The lowest BCUT2D eigenvalue weighted by atomic mass is 9.41. The second-order valence-corrected chi connectivity index (χ2v) is 9.93. The molecule has 0 aliphatic heterocycles. The number of ketones is 1. The Balaban J connectivity index is 1.73. The average molecular weight is 336 g/mol. The number of fused-ring (bicyclic) bond motifs is 3. The minimum atomic E-state index is -0.900. The van der Waals surface area contributed by atoms with Crippen LogP contribution in [0.25, 0.3) is 0 Å². The SMILES string of the molecule is C[C@@]12CCC(=O)[C@](C)(CO)[C@H]1CC[C@@]13C[C@@H](CC[C@H]12)[C@@](O)(CO)C3. The van der Waals surface area contributed by atoms with Crippen LogP contribution < -0.4 is 0 Å². The van der Waals surface area contributed by atoms with Crippen LogP contribution in [0.4, 0.5) is 0 Å². The van der Waals surface area contributed by atoms with Gasteiger partial charge in [0.05, 0.1) is 24.2 Å². The molecule has 4 fully saturated rings. The van der Waals surface area contributed by atoms with Gasteiger partial charge in [0.15, 0.2) is 0 Å². The van der Waals surface area contributed by atoms with Crippen LogP contribution in [0, 0.1) is 34.0 Å². The fourth-order valence-electron chi connectivity index (χ4n) is 7.86. The molecule has 0 aromatic heterocycles. The van der Waals surface area contributed by atoms with E-state index in [2.05, 4.69) is 6.92 Å². The molecule has 0 saturated heterocycles. The molecule has 0 aromatic carbocycles. The van der Waals surface area contributed by atoms with Crippen molar-refractivity contribution in [3.8, 4) is 0 Å². The molecule has 0 unspecified atom stereocenters. The summed E-state index contributed by atoms with van der Waals surface area (Å²) in [6.45, 7) is 4.15. The van der Waals surface area contributed by atoms with Gasteiger partial charge in [0, 0.05) is 6.42 Å². The lowest BCUT2D eigenvalue weighted by Crippen LogP contribution is -2.60. The summed E-state index contributed by atoms with van der Waals surface area (Å²) in [6, 6.07) is 0. The molecular weight excluding hydrogens is 304 g/mol. The lowest BCUT2D eigenvalue weighted by Gasteiger charge is -2.63. The number of carbonyl (C=O) groups is 1. The Bertz CT molecular complexity index is 562. The molecule has 4 nitrogen and oxygen atoms in total. The van der Waals surface area contributed by atoms with E-state index < -0.39 is 11.0 Å². The third kappa shape index (κ3) is 1.88. The molecule has 0 aromatic rings. The maximum atomic E-state index is 12.6. The molecular formula is C20H32O4. The average Bonchev–Trinajstić information content (AvgIpc) is 2.78. The van der Waals surface area contributed by atoms with E-state index in [0.29, 0.717) is 12.3 Å². The minimum Gasteiger partial charge on any atom is -0.395 e. The predicted molar refractivity (Wildman–Crippen MR) is 90.2 cm³/mol. The molecule has 0 radical (unpaired) electrons. The molecule has 4 aliphatic rings. The lowest BCUT2D eigenvalue weighted by molar-refractivity contribution is -0.174. The van der Waals surface area contributed by atoms with Gasteiger partial charge in [0.25, 0.3) is 0 Å². The maximum absolute atomic E-state index is 12.6. The van der Waals surface area contributed by atoms with Crippen molar-refractivity contribution in [2.24, 2.45) is 34.0 Å². The van der Waals surface area contributed by atoms with E-state index in [1.165, 1.54) is 0 Å². The normalized spacial score (nSPS) is 56.7. The van der Waals surface area contributed by atoms with Crippen LogP contribution in [0.5, 0.6) is 0 Å². The van der Waals surface area contributed by atoms with Gasteiger partial charge in [0.1, 0.15) is 5.78 Å². The molecule has 2 bridgehead atoms. The molecule has 4 heteroatoms. The Morgan fingerprint density at radius 1 is 1.04 bits per heavy atom. The van der Waals surface area contributed by atoms with Crippen LogP contribution in [0.2, 0.25) is 0 Å². The van der Waals surface area contributed by atoms with E-state index in [1.807, 2.05) is 6.92 Å². The summed E-state index contributed by atoms with van der Waals surface area (Å²) in [4.78, 5) is 12.6. The van der Waals surface area contributed by atoms with Crippen molar-refractivity contribution in [2.75, 3.05) is 13.2 Å². The molecule has 0 heterocycles. The molecule has 4 aliphatic carbocycles. The smallest absolute Gasteiger partial charge is 0.141 e. The second-order valence-electron chi connectivity index (χ2n) is 9.93. The number of carbonyl (C=O) groups excluding carboxylic acids is 1. The Kier molecular flexibility index (Phi) is 3.57. The molecule has 24 heavy (non-hydrogen) atoms. The van der Waals surface area contributed by atoms with Crippen molar-refractivity contribution in [1.82, 2.24) is 0 Å². The van der Waals surface area contributed by atoms with Gasteiger partial charge in [0.2, 0.25) is 0 Å². The zero-order valence-electron chi connectivity index (χ0n) is 15.1. The first-order valence-electron chi connectivity index (χ1n) is 9.71. The fraction of sp³-hybridized carbons (Fsp3) is 0.950. The van der Waals surface area contributed by atoms with E-state index in [0.717, 1.165) is 44.9 Å². The highest BCUT2D eigenvalue weighted by Crippen LogP contribution is 2.72. The van der Waals surface area contributed by atoms with E-state index in [4.69, 9.17) is 0 Å². The van der Waals surface area contributed by atoms with Crippen LogP contribution >= 0.6 is 0 Å². The summed E-state index contributed by atoms with van der Waals surface area (Å²) in [5.74, 6) is 1.20. The zero-order valence-corrected chi connectivity index (χ0v) is 15.1. The predicted octanol–water partition coefficient (Wildman–Crippen LogP) is 2.29. The van der Waals surface area contributed by atoms with E-state index in [9.17, 15) is 20.1 Å². The summed E-state index contributed by atoms with van der Waals surface area (Å²) >= 11 is 0. The second kappa shape index (κ2) is 5.05. The zero-order chi connectivity index (χ0) is 17.4. The summed E-state index contributed by atoms with van der Waals surface area (Å²) in [6.07, 6.45) is 7.30. The molecule has 3 N–H and O–H groups in total. The van der Waals surface area contributed by atoms with Crippen LogP contribution in [0.1, 0.15) is 65.2 Å². The number of rotatable bonds is 2.